The number of pyridine rings is 1. The largest absolute Gasteiger partial charge is 0.347 e. The first kappa shape index (κ1) is 20.7. The fraction of sp³-hybridized carbons (Fsp3) is 0.190. The van der Waals surface area contributed by atoms with Gasteiger partial charge in [-0.1, -0.05) is 29.7 Å². The predicted octanol–water partition coefficient (Wildman–Crippen LogP) is 3.99. The standard InChI is InChI=1S/C21H18ClFN6O2/c1-2-3-18-27-21(31-28-18)14-6-7-24-19(9-14)29-11-17(26-12-29)20(30)25-10-13-4-5-16(23)15(22)8-13/h4-9,11-12H,2-3,10H2,1H3,(H,25,30). The molecular formula is C21H18ClFN6O2. The van der Waals surface area contributed by atoms with E-state index in [0.717, 1.165) is 12.8 Å². The van der Waals surface area contributed by atoms with E-state index in [-0.39, 0.29) is 23.2 Å². The second kappa shape index (κ2) is 9.05. The molecule has 31 heavy (non-hydrogen) atoms. The summed E-state index contributed by atoms with van der Waals surface area (Å²) in [5.74, 6) is 0.719. The van der Waals surface area contributed by atoms with Crippen LogP contribution in [0.1, 0.15) is 35.2 Å². The Hall–Kier alpha value is -3.59. The number of carbonyl (C=O) groups excluding carboxylic acids is 1. The topological polar surface area (TPSA) is 98.7 Å². The molecule has 4 rings (SSSR count). The minimum atomic E-state index is -0.507. The minimum Gasteiger partial charge on any atom is -0.347 e. The third-order valence-corrected chi connectivity index (χ3v) is 4.74. The number of imidazole rings is 1. The fourth-order valence-corrected chi connectivity index (χ4v) is 3.08. The zero-order valence-corrected chi connectivity index (χ0v) is 17.3. The first-order valence-electron chi connectivity index (χ1n) is 9.59. The van der Waals surface area contributed by atoms with Crippen molar-refractivity contribution in [3.8, 4) is 17.3 Å². The summed E-state index contributed by atoms with van der Waals surface area (Å²) >= 11 is 5.77. The molecule has 8 nitrogen and oxygen atoms in total. The number of nitrogens with one attached hydrogen (secondary N) is 1. The van der Waals surface area contributed by atoms with Crippen LogP contribution in [-0.4, -0.2) is 30.6 Å². The summed E-state index contributed by atoms with van der Waals surface area (Å²) in [6.45, 7) is 2.23. The molecule has 3 heterocycles. The summed E-state index contributed by atoms with van der Waals surface area (Å²) in [6.07, 6.45) is 6.34. The van der Waals surface area contributed by atoms with Gasteiger partial charge in [-0.2, -0.15) is 4.98 Å². The lowest BCUT2D eigenvalue weighted by Gasteiger charge is -2.04. The van der Waals surface area contributed by atoms with Crippen LogP contribution in [0, 0.1) is 5.82 Å². The maximum atomic E-state index is 13.2. The number of rotatable bonds is 7. The first-order valence-corrected chi connectivity index (χ1v) is 9.97. The molecule has 1 aromatic carbocycles. The van der Waals surface area contributed by atoms with Crippen molar-refractivity contribution >= 4 is 17.5 Å². The van der Waals surface area contributed by atoms with Gasteiger partial charge in [0.2, 0.25) is 0 Å². The van der Waals surface area contributed by atoms with Crippen LogP contribution in [0.4, 0.5) is 4.39 Å². The highest BCUT2D eigenvalue weighted by Crippen LogP contribution is 2.20. The maximum Gasteiger partial charge on any atom is 0.271 e. The number of hydrogen-bond donors (Lipinski definition) is 1. The van der Waals surface area contributed by atoms with Crippen molar-refractivity contribution in [1.29, 1.82) is 0 Å². The van der Waals surface area contributed by atoms with Crippen LogP contribution >= 0.6 is 11.6 Å². The van der Waals surface area contributed by atoms with Gasteiger partial charge in [0.1, 0.15) is 23.7 Å². The fourth-order valence-electron chi connectivity index (χ4n) is 2.88. The third kappa shape index (κ3) is 4.77. The van der Waals surface area contributed by atoms with Gasteiger partial charge in [0.05, 0.1) is 5.02 Å². The lowest BCUT2D eigenvalue weighted by molar-refractivity contribution is 0.0946. The van der Waals surface area contributed by atoms with Gasteiger partial charge >= 0.3 is 0 Å². The van der Waals surface area contributed by atoms with Gasteiger partial charge in [-0.25, -0.2) is 14.4 Å². The Labute approximate surface area is 182 Å². The van der Waals surface area contributed by atoms with Crippen molar-refractivity contribution in [2.75, 3.05) is 0 Å². The van der Waals surface area contributed by atoms with Crippen molar-refractivity contribution in [3.05, 3.63) is 77.0 Å². The average Bonchev–Trinajstić information content (AvgIpc) is 3.45. The summed E-state index contributed by atoms with van der Waals surface area (Å²) in [5, 5.41) is 6.69. The molecule has 0 aliphatic rings. The summed E-state index contributed by atoms with van der Waals surface area (Å²) in [7, 11) is 0. The van der Waals surface area contributed by atoms with Gasteiger partial charge in [0.15, 0.2) is 5.82 Å². The van der Waals surface area contributed by atoms with Crippen LogP contribution in [0.25, 0.3) is 17.3 Å². The van der Waals surface area contributed by atoms with E-state index < -0.39 is 5.82 Å². The lowest BCUT2D eigenvalue weighted by Crippen LogP contribution is -2.23. The summed E-state index contributed by atoms with van der Waals surface area (Å²) < 4.78 is 20.2. The number of aryl methyl sites for hydroxylation is 1. The van der Waals surface area contributed by atoms with Crippen LogP contribution in [0.2, 0.25) is 5.02 Å². The van der Waals surface area contributed by atoms with Gasteiger partial charge < -0.3 is 9.84 Å². The zero-order chi connectivity index (χ0) is 21.8. The molecule has 0 unspecified atom stereocenters. The van der Waals surface area contributed by atoms with Crippen molar-refractivity contribution in [3.63, 3.8) is 0 Å². The number of aromatic nitrogens is 5. The van der Waals surface area contributed by atoms with Crippen molar-refractivity contribution in [1.82, 2.24) is 30.0 Å². The molecule has 158 valence electrons. The van der Waals surface area contributed by atoms with Crippen LogP contribution in [0.15, 0.2) is 53.6 Å². The van der Waals surface area contributed by atoms with Gasteiger partial charge in [0.25, 0.3) is 11.8 Å². The van der Waals surface area contributed by atoms with Crippen LogP contribution in [0.3, 0.4) is 0 Å². The smallest absolute Gasteiger partial charge is 0.271 e. The number of amides is 1. The Kier molecular flexibility index (Phi) is 6.03. The molecule has 0 saturated heterocycles. The van der Waals surface area contributed by atoms with Crippen molar-refractivity contribution in [2.45, 2.75) is 26.3 Å². The number of nitrogens with zero attached hydrogens (tertiary/aromatic N) is 5. The highest BCUT2D eigenvalue weighted by molar-refractivity contribution is 6.30. The monoisotopic (exact) mass is 440 g/mol. The first-order chi connectivity index (χ1) is 15.0. The second-order valence-corrected chi connectivity index (χ2v) is 7.17. The van der Waals surface area contributed by atoms with E-state index in [2.05, 4.69) is 25.4 Å². The average molecular weight is 441 g/mol. The molecular weight excluding hydrogens is 423 g/mol. The highest BCUT2D eigenvalue weighted by Gasteiger charge is 2.13. The molecule has 1 amide bonds. The molecule has 0 bridgehead atoms. The molecule has 0 saturated carbocycles. The molecule has 10 heteroatoms. The quantitative estimate of drug-likeness (QED) is 0.466. The van der Waals surface area contributed by atoms with Gasteiger partial charge in [-0.05, 0) is 36.2 Å². The Bertz CT molecular complexity index is 1220. The van der Waals surface area contributed by atoms with E-state index in [9.17, 15) is 9.18 Å². The molecule has 0 radical (unpaired) electrons. The van der Waals surface area contributed by atoms with Crippen LogP contribution in [-0.2, 0) is 13.0 Å². The number of benzene rings is 1. The Balaban J connectivity index is 1.46. The second-order valence-electron chi connectivity index (χ2n) is 6.77. The minimum absolute atomic E-state index is 0.00467. The van der Waals surface area contributed by atoms with E-state index in [1.54, 1.807) is 35.2 Å². The third-order valence-electron chi connectivity index (χ3n) is 4.45. The van der Waals surface area contributed by atoms with Crippen molar-refractivity contribution in [2.24, 2.45) is 0 Å². The summed E-state index contributed by atoms with van der Waals surface area (Å²) in [6, 6.07) is 7.82. The SMILES string of the molecule is CCCc1noc(-c2ccnc(-n3cnc(C(=O)NCc4ccc(F)c(Cl)c4)c3)c2)n1. The Morgan fingerprint density at radius 1 is 1.26 bits per heavy atom. The molecule has 0 aliphatic carbocycles. The summed E-state index contributed by atoms with van der Waals surface area (Å²) in [5.41, 5.74) is 1.60. The number of carbonyl (C=O) groups is 1. The van der Waals surface area contributed by atoms with E-state index in [1.165, 1.54) is 18.5 Å². The molecule has 0 spiro atoms. The Morgan fingerprint density at radius 2 is 2.13 bits per heavy atom. The van der Waals surface area contributed by atoms with Gasteiger partial charge in [-0.15, -0.1) is 0 Å². The number of halogens is 2. The van der Waals surface area contributed by atoms with Gasteiger partial charge in [-0.3, -0.25) is 9.36 Å². The molecule has 1 N–H and O–H groups in total. The molecule has 0 atom stereocenters. The van der Waals surface area contributed by atoms with E-state index >= 15 is 0 Å². The Morgan fingerprint density at radius 3 is 2.94 bits per heavy atom. The van der Waals surface area contributed by atoms with E-state index in [4.69, 9.17) is 16.1 Å². The van der Waals surface area contributed by atoms with E-state index in [0.29, 0.717) is 28.7 Å². The predicted molar refractivity (Wildman–Crippen MR) is 111 cm³/mol. The maximum absolute atomic E-state index is 13.2. The molecule has 0 fully saturated rings. The van der Waals surface area contributed by atoms with E-state index in [1.807, 2.05) is 6.92 Å². The lowest BCUT2D eigenvalue weighted by atomic mass is 10.2. The highest BCUT2D eigenvalue weighted by atomic mass is 35.5. The molecule has 0 aliphatic heterocycles. The zero-order valence-electron chi connectivity index (χ0n) is 16.5. The van der Waals surface area contributed by atoms with Crippen LogP contribution in [0.5, 0.6) is 0 Å². The van der Waals surface area contributed by atoms with Crippen molar-refractivity contribution < 1.29 is 13.7 Å². The normalized spacial score (nSPS) is 10.9. The number of hydrogen-bond acceptors (Lipinski definition) is 6. The van der Waals surface area contributed by atoms with Gasteiger partial charge in [0, 0.05) is 30.9 Å². The molecule has 4 aromatic rings. The molecule has 3 aromatic heterocycles. The summed E-state index contributed by atoms with van der Waals surface area (Å²) in [4.78, 5) is 25.2. The van der Waals surface area contributed by atoms with Crippen LogP contribution < -0.4 is 5.32 Å².